The number of likely N-dealkylation sites (tertiary alicyclic amines) is 1. The van der Waals surface area contributed by atoms with Gasteiger partial charge in [-0.15, -0.1) is 0 Å². The van der Waals surface area contributed by atoms with Crippen molar-refractivity contribution in [2.45, 2.75) is 91.5 Å². The van der Waals surface area contributed by atoms with Gasteiger partial charge in [0.25, 0.3) is 0 Å². The molecule has 7 heteroatoms. The molecule has 0 spiro atoms. The molecule has 1 fully saturated rings. The number of aromatic nitrogens is 2. The Hall–Kier alpha value is -2.02. The van der Waals surface area contributed by atoms with E-state index in [0.29, 0.717) is 18.8 Å². The van der Waals surface area contributed by atoms with E-state index in [1.54, 1.807) is 30.3 Å². The van der Waals surface area contributed by atoms with Crippen LogP contribution < -0.4 is 0 Å². The van der Waals surface area contributed by atoms with E-state index in [-0.39, 0.29) is 23.3 Å². The highest BCUT2D eigenvalue weighted by atomic mass is 16.3. The summed E-state index contributed by atoms with van der Waals surface area (Å²) in [5.74, 6) is 0.338. The predicted octanol–water partition coefficient (Wildman–Crippen LogP) is 2.95. The molecule has 1 saturated heterocycles. The van der Waals surface area contributed by atoms with Crippen molar-refractivity contribution in [1.29, 1.82) is 0 Å². The maximum Gasteiger partial charge on any atom is 0.223 e. The fraction of sp³-hybridized carbons (Fsp3) is 0.727. The van der Waals surface area contributed by atoms with Crippen molar-refractivity contribution in [2.75, 3.05) is 6.54 Å². The van der Waals surface area contributed by atoms with Gasteiger partial charge in [-0.05, 0) is 45.1 Å². The van der Waals surface area contributed by atoms with Crippen LogP contribution in [-0.2, 0) is 9.59 Å². The summed E-state index contributed by atoms with van der Waals surface area (Å²) < 4.78 is 0. The molecule has 162 valence electrons. The molecular weight excluding hydrogens is 368 g/mol. The molecule has 0 radical (unpaired) electrons. The summed E-state index contributed by atoms with van der Waals surface area (Å²) >= 11 is 0. The van der Waals surface area contributed by atoms with Crippen LogP contribution in [0, 0.1) is 5.41 Å². The quantitative estimate of drug-likeness (QED) is 0.788. The maximum absolute atomic E-state index is 13.2. The summed E-state index contributed by atoms with van der Waals surface area (Å²) in [6.07, 6.45) is 4.51. The molecule has 0 aromatic carbocycles. The fourth-order valence-electron chi connectivity index (χ4n) is 4.39. The van der Waals surface area contributed by atoms with Crippen LogP contribution >= 0.6 is 0 Å². The standard InChI is InChI=1S/C22H36N4O3/c1-15-9-10-22(7,26(15)18(29)13-21(4,5)6)14-25(17(3)28)19(16(2)27)20-23-11-8-12-24-20/h8,11-12,15-16,19,27H,9-10,13-14H2,1-7H3. The van der Waals surface area contributed by atoms with Crippen molar-refractivity contribution in [2.24, 2.45) is 5.41 Å². The normalized spacial score (nSPS) is 24.3. The van der Waals surface area contributed by atoms with Gasteiger partial charge < -0.3 is 14.9 Å². The Morgan fingerprint density at radius 3 is 2.41 bits per heavy atom. The molecule has 29 heavy (non-hydrogen) atoms. The lowest BCUT2D eigenvalue weighted by atomic mass is 9.90. The number of carbonyl (C=O) groups is 2. The molecule has 2 amide bonds. The van der Waals surface area contributed by atoms with E-state index >= 15 is 0 Å². The summed E-state index contributed by atoms with van der Waals surface area (Å²) in [7, 11) is 0. The van der Waals surface area contributed by atoms with Crippen LogP contribution in [0.4, 0.5) is 0 Å². The van der Waals surface area contributed by atoms with E-state index in [1.165, 1.54) is 6.92 Å². The first-order valence-corrected chi connectivity index (χ1v) is 10.4. The number of hydrogen-bond acceptors (Lipinski definition) is 5. The van der Waals surface area contributed by atoms with E-state index in [1.807, 2.05) is 11.8 Å². The number of nitrogens with zero attached hydrogens (tertiary/aromatic N) is 4. The first-order valence-electron chi connectivity index (χ1n) is 10.4. The van der Waals surface area contributed by atoms with Crippen LogP contribution in [0.25, 0.3) is 0 Å². The van der Waals surface area contributed by atoms with Crippen molar-refractivity contribution in [3.63, 3.8) is 0 Å². The van der Waals surface area contributed by atoms with Crippen LogP contribution in [0.2, 0.25) is 0 Å². The molecule has 4 atom stereocenters. The zero-order chi connectivity index (χ0) is 22.0. The number of carbonyl (C=O) groups excluding carboxylic acids is 2. The Labute approximate surface area is 174 Å². The molecule has 2 heterocycles. The molecule has 1 N–H and O–H groups in total. The number of amides is 2. The lowest BCUT2D eigenvalue weighted by Crippen LogP contribution is -2.57. The highest BCUT2D eigenvalue weighted by Gasteiger charge is 2.47. The molecule has 0 aliphatic carbocycles. The molecule has 1 aromatic heterocycles. The van der Waals surface area contributed by atoms with E-state index in [2.05, 4.69) is 37.7 Å². The lowest BCUT2D eigenvalue weighted by molar-refractivity contribution is -0.145. The van der Waals surface area contributed by atoms with E-state index in [9.17, 15) is 14.7 Å². The maximum atomic E-state index is 13.2. The van der Waals surface area contributed by atoms with Gasteiger partial charge in [-0.3, -0.25) is 9.59 Å². The smallest absolute Gasteiger partial charge is 0.223 e. The van der Waals surface area contributed by atoms with Crippen LogP contribution in [0.15, 0.2) is 18.5 Å². The molecule has 4 unspecified atom stereocenters. The van der Waals surface area contributed by atoms with E-state index in [0.717, 1.165) is 12.8 Å². The van der Waals surface area contributed by atoms with Crippen molar-refractivity contribution in [3.8, 4) is 0 Å². The highest BCUT2D eigenvalue weighted by Crippen LogP contribution is 2.38. The Bertz CT molecular complexity index is 717. The first kappa shape index (κ1) is 23.3. The SMILES string of the molecule is CC(=O)N(CC1(C)CCC(C)N1C(=O)CC(C)(C)C)C(c1ncccn1)C(C)O. The van der Waals surface area contributed by atoms with Crippen molar-refractivity contribution in [1.82, 2.24) is 19.8 Å². The van der Waals surface area contributed by atoms with Gasteiger partial charge >= 0.3 is 0 Å². The van der Waals surface area contributed by atoms with Crippen molar-refractivity contribution < 1.29 is 14.7 Å². The molecule has 1 aromatic rings. The van der Waals surface area contributed by atoms with E-state index in [4.69, 9.17) is 0 Å². The predicted molar refractivity (Wildman–Crippen MR) is 112 cm³/mol. The van der Waals surface area contributed by atoms with E-state index < -0.39 is 17.7 Å². The number of aliphatic hydroxyl groups is 1. The van der Waals surface area contributed by atoms with Crippen LogP contribution in [0.3, 0.4) is 0 Å². The minimum atomic E-state index is -0.845. The Kier molecular flexibility index (Phi) is 7.04. The zero-order valence-corrected chi connectivity index (χ0v) is 18.8. The Balaban J connectivity index is 2.36. The van der Waals surface area contributed by atoms with Gasteiger partial charge in [-0.25, -0.2) is 9.97 Å². The van der Waals surface area contributed by atoms with Crippen LogP contribution in [0.1, 0.15) is 79.6 Å². The largest absolute Gasteiger partial charge is 0.391 e. The summed E-state index contributed by atoms with van der Waals surface area (Å²) in [6, 6.07) is 1.15. The molecular formula is C22H36N4O3. The molecule has 2 rings (SSSR count). The lowest BCUT2D eigenvalue weighted by Gasteiger charge is -2.44. The third-order valence-corrected chi connectivity index (χ3v) is 5.63. The summed E-state index contributed by atoms with van der Waals surface area (Å²) in [5.41, 5.74) is -0.615. The van der Waals surface area contributed by atoms with Gasteiger partial charge in [0.1, 0.15) is 6.04 Å². The van der Waals surface area contributed by atoms with Crippen LogP contribution in [-0.4, -0.2) is 60.9 Å². The van der Waals surface area contributed by atoms with Crippen molar-refractivity contribution in [3.05, 3.63) is 24.3 Å². The minimum Gasteiger partial charge on any atom is -0.391 e. The van der Waals surface area contributed by atoms with Gasteiger partial charge in [0.15, 0.2) is 5.82 Å². The van der Waals surface area contributed by atoms with Gasteiger partial charge in [0, 0.05) is 38.3 Å². The zero-order valence-electron chi connectivity index (χ0n) is 18.8. The Morgan fingerprint density at radius 2 is 1.93 bits per heavy atom. The summed E-state index contributed by atoms with van der Waals surface area (Å²) in [5, 5.41) is 10.5. The fourth-order valence-corrected chi connectivity index (χ4v) is 4.39. The number of hydrogen-bond donors (Lipinski definition) is 1. The third-order valence-electron chi connectivity index (χ3n) is 5.63. The van der Waals surface area contributed by atoms with Gasteiger partial charge in [0.05, 0.1) is 11.6 Å². The number of rotatable bonds is 6. The monoisotopic (exact) mass is 404 g/mol. The van der Waals surface area contributed by atoms with Gasteiger partial charge in [-0.1, -0.05) is 20.8 Å². The average Bonchev–Trinajstić information content (AvgIpc) is 2.88. The van der Waals surface area contributed by atoms with Crippen LogP contribution in [0.5, 0.6) is 0 Å². The second-order valence-corrected chi connectivity index (χ2v) is 9.83. The summed E-state index contributed by atoms with van der Waals surface area (Å²) in [6.45, 7) is 13.7. The average molecular weight is 405 g/mol. The molecule has 1 aliphatic heterocycles. The second kappa shape index (κ2) is 8.78. The number of aliphatic hydroxyl groups excluding tert-OH is 1. The summed E-state index contributed by atoms with van der Waals surface area (Å²) in [4.78, 5) is 37.9. The first-order chi connectivity index (χ1) is 13.4. The molecule has 1 aliphatic rings. The van der Waals surface area contributed by atoms with Gasteiger partial charge in [-0.2, -0.15) is 0 Å². The molecule has 7 nitrogen and oxygen atoms in total. The van der Waals surface area contributed by atoms with Gasteiger partial charge in [0.2, 0.25) is 11.8 Å². The third kappa shape index (κ3) is 5.53. The minimum absolute atomic E-state index is 0.109. The topological polar surface area (TPSA) is 86.6 Å². The Morgan fingerprint density at radius 1 is 1.34 bits per heavy atom. The molecule has 0 bridgehead atoms. The molecule has 0 saturated carbocycles. The van der Waals surface area contributed by atoms with Crippen molar-refractivity contribution >= 4 is 11.8 Å². The highest BCUT2D eigenvalue weighted by molar-refractivity contribution is 5.79. The second-order valence-electron chi connectivity index (χ2n) is 9.83.